The standard InChI is InChI=1S/C10H12BrN3O3/c11-10-7(6-13-5-4-9(12)15)2-1-3-8(10)14(16)17/h1-3,13H,4-6H2,(H2,12,15). The Bertz CT molecular complexity index is 437. The molecule has 0 aliphatic heterocycles. The van der Waals surface area contributed by atoms with Crippen LogP contribution in [-0.4, -0.2) is 17.4 Å². The van der Waals surface area contributed by atoms with Crippen molar-refractivity contribution in [2.75, 3.05) is 6.54 Å². The van der Waals surface area contributed by atoms with Gasteiger partial charge >= 0.3 is 0 Å². The van der Waals surface area contributed by atoms with Crippen molar-refractivity contribution in [1.82, 2.24) is 5.32 Å². The van der Waals surface area contributed by atoms with Gasteiger partial charge in [-0.1, -0.05) is 12.1 Å². The second-order valence-electron chi connectivity index (χ2n) is 3.40. The van der Waals surface area contributed by atoms with Gasteiger partial charge in [0.15, 0.2) is 0 Å². The van der Waals surface area contributed by atoms with Crippen LogP contribution in [0, 0.1) is 10.1 Å². The van der Waals surface area contributed by atoms with Crippen molar-refractivity contribution in [2.24, 2.45) is 5.73 Å². The summed E-state index contributed by atoms with van der Waals surface area (Å²) in [6, 6.07) is 4.82. The number of amides is 1. The number of carbonyl (C=O) groups excluding carboxylic acids is 1. The number of rotatable bonds is 6. The number of nitrogens with one attached hydrogen (secondary N) is 1. The molecular weight excluding hydrogens is 290 g/mol. The predicted octanol–water partition coefficient (Wildman–Crippen LogP) is 1.32. The minimum Gasteiger partial charge on any atom is -0.370 e. The van der Waals surface area contributed by atoms with E-state index in [1.165, 1.54) is 6.07 Å². The normalized spacial score (nSPS) is 10.2. The van der Waals surface area contributed by atoms with Crippen molar-refractivity contribution in [2.45, 2.75) is 13.0 Å². The zero-order valence-corrected chi connectivity index (χ0v) is 10.6. The van der Waals surface area contributed by atoms with E-state index in [0.29, 0.717) is 17.6 Å². The van der Waals surface area contributed by atoms with E-state index in [1.54, 1.807) is 12.1 Å². The summed E-state index contributed by atoms with van der Waals surface area (Å²) in [5, 5.41) is 13.7. The summed E-state index contributed by atoms with van der Waals surface area (Å²) in [7, 11) is 0. The molecular formula is C10H12BrN3O3. The zero-order valence-electron chi connectivity index (χ0n) is 8.98. The van der Waals surface area contributed by atoms with Gasteiger partial charge in [0.1, 0.15) is 0 Å². The topological polar surface area (TPSA) is 98.3 Å². The van der Waals surface area contributed by atoms with E-state index in [1.807, 2.05) is 0 Å². The van der Waals surface area contributed by atoms with Crippen molar-refractivity contribution < 1.29 is 9.72 Å². The molecule has 1 aromatic rings. The van der Waals surface area contributed by atoms with Crippen LogP contribution in [0.1, 0.15) is 12.0 Å². The number of hydrogen-bond donors (Lipinski definition) is 2. The van der Waals surface area contributed by atoms with Crippen molar-refractivity contribution in [1.29, 1.82) is 0 Å². The monoisotopic (exact) mass is 301 g/mol. The van der Waals surface area contributed by atoms with Gasteiger partial charge in [0.05, 0.1) is 9.40 Å². The number of carbonyl (C=O) groups is 1. The highest BCUT2D eigenvalue weighted by molar-refractivity contribution is 9.10. The summed E-state index contributed by atoms with van der Waals surface area (Å²) in [5.41, 5.74) is 5.78. The van der Waals surface area contributed by atoms with Crippen molar-refractivity contribution in [3.05, 3.63) is 38.3 Å². The van der Waals surface area contributed by atoms with Crippen molar-refractivity contribution in [3.8, 4) is 0 Å². The highest BCUT2D eigenvalue weighted by atomic mass is 79.9. The number of nitrogens with zero attached hydrogens (tertiary/aromatic N) is 1. The van der Waals surface area contributed by atoms with E-state index in [9.17, 15) is 14.9 Å². The van der Waals surface area contributed by atoms with Crippen LogP contribution in [0.3, 0.4) is 0 Å². The fourth-order valence-electron chi connectivity index (χ4n) is 1.28. The molecule has 1 aromatic carbocycles. The fourth-order valence-corrected chi connectivity index (χ4v) is 1.83. The van der Waals surface area contributed by atoms with Crippen LogP contribution >= 0.6 is 15.9 Å². The molecule has 3 N–H and O–H groups in total. The molecule has 0 aromatic heterocycles. The highest BCUT2D eigenvalue weighted by Crippen LogP contribution is 2.27. The number of nitro benzene ring substituents is 1. The maximum absolute atomic E-state index is 10.7. The molecule has 0 spiro atoms. The molecule has 0 heterocycles. The molecule has 6 nitrogen and oxygen atoms in total. The van der Waals surface area contributed by atoms with Gasteiger partial charge in [-0.3, -0.25) is 14.9 Å². The van der Waals surface area contributed by atoms with Crippen molar-refractivity contribution >= 4 is 27.5 Å². The molecule has 0 aliphatic carbocycles. The van der Waals surface area contributed by atoms with E-state index < -0.39 is 4.92 Å². The molecule has 1 amide bonds. The molecule has 0 saturated heterocycles. The molecule has 0 atom stereocenters. The van der Waals surface area contributed by atoms with Gasteiger partial charge in [0, 0.05) is 25.6 Å². The van der Waals surface area contributed by atoms with E-state index in [2.05, 4.69) is 21.2 Å². The third-order valence-corrected chi connectivity index (χ3v) is 3.03. The summed E-state index contributed by atoms with van der Waals surface area (Å²) in [6.07, 6.45) is 0.243. The second-order valence-corrected chi connectivity index (χ2v) is 4.19. The Labute approximate surface area is 106 Å². The number of benzene rings is 1. The van der Waals surface area contributed by atoms with Gasteiger partial charge in [-0.2, -0.15) is 0 Å². The van der Waals surface area contributed by atoms with Crippen LogP contribution in [-0.2, 0) is 11.3 Å². The summed E-state index contributed by atoms with van der Waals surface area (Å²) < 4.78 is 0.455. The van der Waals surface area contributed by atoms with Gasteiger partial charge < -0.3 is 11.1 Å². The predicted molar refractivity (Wildman–Crippen MR) is 66.3 cm³/mol. The van der Waals surface area contributed by atoms with Crippen LogP contribution in [0.4, 0.5) is 5.69 Å². The smallest absolute Gasteiger partial charge is 0.283 e. The van der Waals surface area contributed by atoms with Gasteiger partial charge in [-0.05, 0) is 21.5 Å². The van der Waals surface area contributed by atoms with E-state index in [0.717, 1.165) is 5.56 Å². The number of nitro groups is 1. The molecule has 0 unspecified atom stereocenters. The van der Waals surface area contributed by atoms with E-state index in [-0.39, 0.29) is 18.0 Å². The Morgan fingerprint density at radius 2 is 2.24 bits per heavy atom. The van der Waals surface area contributed by atoms with Gasteiger partial charge in [-0.25, -0.2) is 0 Å². The van der Waals surface area contributed by atoms with Gasteiger partial charge in [0.25, 0.3) is 5.69 Å². The third-order valence-electron chi connectivity index (χ3n) is 2.12. The quantitative estimate of drug-likeness (QED) is 0.470. The second kappa shape index (κ2) is 6.31. The van der Waals surface area contributed by atoms with Gasteiger partial charge in [-0.15, -0.1) is 0 Å². The number of primary amides is 1. The summed E-state index contributed by atoms with van der Waals surface area (Å²) in [4.78, 5) is 20.7. The first kappa shape index (κ1) is 13.6. The minimum atomic E-state index is -0.447. The van der Waals surface area contributed by atoms with Crippen LogP contribution in [0.15, 0.2) is 22.7 Å². The lowest BCUT2D eigenvalue weighted by Crippen LogP contribution is -2.21. The summed E-state index contributed by atoms with van der Waals surface area (Å²) in [5.74, 6) is -0.379. The Morgan fingerprint density at radius 1 is 1.53 bits per heavy atom. The largest absolute Gasteiger partial charge is 0.370 e. The van der Waals surface area contributed by atoms with Crippen molar-refractivity contribution in [3.63, 3.8) is 0 Å². The lowest BCUT2D eigenvalue weighted by Gasteiger charge is -2.06. The molecule has 0 bridgehead atoms. The van der Waals surface area contributed by atoms with E-state index >= 15 is 0 Å². The molecule has 0 saturated carbocycles. The first-order valence-electron chi connectivity index (χ1n) is 4.93. The molecule has 7 heteroatoms. The molecule has 0 fully saturated rings. The fraction of sp³-hybridized carbons (Fsp3) is 0.300. The SMILES string of the molecule is NC(=O)CCNCc1cccc([N+](=O)[O-])c1Br. The maximum atomic E-state index is 10.7. The first-order valence-corrected chi connectivity index (χ1v) is 5.72. The van der Waals surface area contributed by atoms with Gasteiger partial charge in [0.2, 0.25) is 5.91 Å². The van der Waals surface area contributed by atoms with Crippen LogP contribution in [0.2, 0.25) is 0 Å². The summed E-state index contributed by atoms with van der Waals surface area (Å²) in [6.45, 7) is 0.889. The Morgan fingerprint density at radius 3 is 2.82 bits per heavy atom. The molecule has 0 radical (unpaired) electrons. The third kappa shape index (κ3) is 4.12. The lowest BCUT2D eigenvalue weighted by molar-refractivity contribution is -0.385. The average Bonchev–Trinajstić information content (AvgIpc) is 2.25. The minimum absolute atomic E-state index is 0.0270. The average molecular weight is 302 g/mol. The molecule has 92 valence electrons. The number of hydrogen-bond acceptors (Lipinski definition) is 4. The molecule has 0 aliphatic rings. The molecule has 17 heavy (non-hydrogen) atoms. The number of halogens is 1. The maximum Gasteiger partial charge on any atom is 0.283 e. The summed E-state index contributed by atoms with van der Waals surface area (Å²) >= 11 is 3.19. The zero-order chi connectivity index (χ0) is 12.8. The Kier molecular flexibility index (Phi) is 5.05. The van der Waals surface area contributed by atoms with Crippen LogP contribution < -0.4 is 11.1 Å². The molecule has 1 rings (SSSR count). The highest BCUT2D eigenvalue weighted by Gasteiger charge is 2.14. The van der Waals surface area contributed by atoms with Crippen LogP contribution in [0.5, 0.6) is 0 Å². The Hall–Kier alpha value is -1.47. The number of nitrogens with two attached hydrogens (primary N) is 1. The van der Waals surface area contributed by atoms with E-state index in [4.69, 9.17) is 5.73 Å². The Balaban J connectivity index is 2.62. The first-order chi connectivity index (χ1) is 8.02. The van der Waals surface area contributed by atoms with Crippen LogP contribution in [0.25, 0.3) is 0 Å². The lowest BCUT2D eigenvalue weighted by atomic mass is 10.2.